The molecule has 0 unspecified atom stereocenters. The molecule has 2 rings (SSSR count). The van der Waals surface area contributed by atoms with Gasteiger partial charge in [-0.2, -0.15) is 0 Å². The van der Waals surface area contributed by atoms with E-state index >= 15 is 0 Å². The summed E-state index contributed by atoms with van der Waals surface area (Å²) in [6.07, 6.45) is 10.6. The lowest BCUT2D eigenvalue weighted by Gasteiger charge is -1.94. The summed E-state index contributed by atoms with van der Waals surface area (Å²) in [6, 6.07) is 21.0. The van der Waals surface area contributed by atoms with Gasteiger partial charge in [-0.05, 0) is 24.0 Å². The molecule has 0 N–H and O–H groups in total. The Kier molecular flexibility index (Phi) is 5.01. The van der Waals surface area contributed by atoms with E-state index in [0.29, 0.717) is 0 Å². The van der Waals surface area contributed by atoms with Gasteiger partial charge in [-0.25, -0.2) is 0 Å². The molecule has 0 aliphatic carbocycles. The maximum absolute atomic E-state index is 2.19. The lowest BCUT2D eigenvalue weighted by atomic mass is 10.1. The maximum Gasteiger partial charge on any atom is -0.00943 e. The van der Waals surface area contributed by atoms with E-state index in [1.807, 2.05) is 12.1 Å². The van der Waals surface area contributed by atoms with Crippen LogP contribution in [0.4, 0.5) is 0 Å². The second-order valence-electron chi connectivity index (χ2n) is 4.24. The largest absolute Gasteiger partial charge is 0.0801 e. The molecule has 0 heterocycles. The van der Waals surface area contributed by atoms with Crippen molar-refractivity contribution in [3.8, 4) is 0 Å². The van der Waals surface area contributed by atoms with Crippen molar-refractivity contribution in [2.75, 3.05) is 0 Å². The second-order valence-corrected chi connectivity index (χ2v) is 4.24. The number of rotatable bonds is 5. The fraction of sp³-hybridized carbons (Fsp3) is 0.111. The zero-order valence-electron chi connectivity index (χ0n) is 10.5. The van der Waals surface area contributed by atoms with Crippen LogP contribution in [-0.2, 0) is 12.8 Å². The van der Waals surface area contributed by atoms with Crippen LogP contribution in [0.2, 0.25) is 0 Å². The first kappa shape index (κ1) is 12.4. The van der Waals surface area contributed by atoms with Gasteiger partial charge in [-0.3, -0.25) is 0 Å². The van der Waals surface area contributed by atoms with Crippen LogP contribution in [0.15, 0.2) is 85.0 Å². The molecule has 0 saturated carbocycles. The minimum atomic E-state index is 0.997. The van der Waals surface area contributed by atoms with Gasteiger partial charge in [-0.1, -0.05) is 85.0 Å². The lowest BCUT2D eigenvalue weighted by molar-refractivity contribution is 1.26. The zero-order valence-corrected chi connectivity index (χ0v) is 10.5. The molecule has 0 atom stereocenters. The first-order chi connectivity index (χ1) is 8.95. The van der Waals surface area contributed by atoms with Crippen molar-refractivity contribution in [1.29, 1.82) is 0 Å². The summed E-state index contributed by atoms with van der Waals surface area (Å²) < 4.78 is 0. The van der Waals surface area contributed by atoms with Crippen molar-refractivity contribution in [3.05, 3.63) is 96.1 Å². The Hall–Kier alpha value is -2.08. The number of hydrogen-bond acceptors (Lipinski definition) is 0. The summed E-state index contributed by atoms with van der Waals surface area (Å²) in [4.78, 5) is 0. The molecule has 18 heavy (non-hydrogen) atoms. The van der Waals surface area contributed by atoms with Crippen molar-refractivity contribution in [2.45, 2.75) is 12.8 Å². The fourth-order valence-electron chi connectivity index (χ4n) is 1.79. The van der Waals surface area contributed by atoms with Crippen LogP contribution in [0.3, 0.4) is 0 Å². The monoisotopic (exact) mass is 234 g/mol. The van der Waals surface area contributed by atoms with Crippen LogP contribution in [0.5, 0.6) is 0 Å². The van der Waals surface area contributed by atoms with Crippen LogP contribution >= 0.6 is 0 Å². The first-order valence-corrected chi connectivity index (χ1v) is 6.34. The third-order valence-corrected chi connectivity index (χ3v) is 2.78. The minimum Gasteiger partial charge on any atom is -0.0801 e. The smallest absolute Gasteiger partial charge is 0.00943 e. The SMILES string of the molecule is C(C=CCc1ccccc1)=CCc1ccccc1. The number of benzene rings is 2. The Morgan fingerprint density at radius 1 is 0.556 bits per heavy atom. The minimum absolute atomic E-state index is 0.997. The van der Waals surface area contributed by atoms with Crippen LogP contribution < -0.4 is 0 Å². The summed E-state index contributed by atoms with van der Waals surface area (Å²) in [5, 5.41) is 0. The Labute approximate surface area is 109 Å². The van der Waals surface area contributed by atoms with Gasteiger partial charge in [0.1, 0.15) is 0 Å². The molecule has 0 aliphatic heterocycles. The highest BCUT2D eigenvalue weighted by Gasteiger charge is 1.85. The fourth-order valence-corrected chi connectivity index (χ4v) is 1.79. The van der Waals surface area contributed by atoms with Gasteiger partial charge in [0.25, 0.3) is 0 Å². The summed E-state index contributed by atoms with van der Waals surface area (Å²) in [6.45, 7) is 0. The normalized spacial score (nSPS) is 11.3. The first-order valence-electron chi connectivity index (χ1n) is 6.34. The predicted molar refractivity (Wildman–Crippen MR) is 78.6 cm³/mol. The van der Waals surface area contributed by atoms with Crippen molar-refractivity contribution in [2.24, 2.45) is 0 Å². The molecule has 0 aromatic heterocycles. The van der Waals surface area contributed by atoms with E-state index < -0.39 is 0 Å². The topological polar surface area (TPSA) is 0 Å². The van der Waals surface area contributed by atoms with Crippen LogP contribution in [0, 0.1) is 0 Å². The van der Waals surface area contributed by atoms with E-state index in [9.17, 15) is 0 Å². The van der Waals surface area contributed by atoms with Gasteiger partial charge in [0.05, 0.1) is 0 Å². The molecule has 0 aliphatic rings. The van der Waals surface area contributed by atoms with Crippen LogP contribution in [0.25, 0.3) is 0 Å². The highest BCUT2D eigenvalue weighted by molar-refractivity contribution is 5.20. The highest BCUT2D eigenvalue weighted by Crippen LogP contribution is 2.01. The van der Waals surface area contributed by atoms with Gasteiger partial charge in [0, 0.05) is 0 Å². The van der Waals surface area contributed by atoms with E-state index in [1.54, 1.807) is 0 Å². The van der Waals surface area contributed by atoms with E-state index in [4.69, 9.17) is 0 Å². The Balaban J connectivity index is 1.75. The van der Waals surface area contributed by atoms with Crippen LogP contribution in [0.1, 0.15) is 11.1 Å². The molecule has 90 valence electrons. The molecular weight excluding hydrogens is 216 g/mol. The standard InChI is InChI=1S/C18H18/c1(5-11-17-13-7-3-8-14-17)2-6-12-18-15-9-4-10-16-18/h1-10,13-16H,11-12H2. The molecule has 0 nitrogen and oxygen atoms in total. The molecular formula is C18H18. The van der Waals surface area contributed by atoms with E-state index in [0.717, 1.165) is 12.8 Å². The number of allylic oxidation sites excluding steroid dienone is 4. The van der Waals surface area contributed by atoms with E-state index in [-0.39, 0.29) is 0 Å². The third-order valence-electron chi connectivity index (χ3n) is 2.78. The van der Waals surface area contributed by atoms with Gasteiger partial charge in [0.15, 0.2) is 0 Å². The molecule has 0 amide bonds. The summed E-state index contributed by atoms with van der Waals surface area (Å²) in [5.41, 5.74) is 2.70. The zero-order chi connectivity index (χ0) is 12.5. The third kappa shape index (κ3) is 4.42. The van der Waals surface area contributed by atoms with Gasteiger partial charge >= 0.3 is 0 Å². The second kappa shape index (κ2) is 7.29. The number of hydrogen-bond donors (Lipinski definition) is 0. The van der Waals surface area contributed by atoms with E-state index in [2.05, 4.69) is 72.8 Å². The highest BCUT2D eigenvalue weighted by atomic mass is 13.9. The van der Waals surface area contributed by atoms with Crippen molar-refractivity contribution in [3.63, 3.8) is 0 Å². The molecule has 0 fully saturated rings. The molecule has 0 bridgehead atoms. The predicted octanol–water partition coefficient (Wildman–Crippen LogP) is 4.58. The van der Waals surface area contributed by atoms with Gasteiger partial charge in [0.2, 0.25) is 0 Å². The molecule has 2 aromatic carbocycles. The molecule has 0 saturated heterocycles. The average Bonchev–Trinajstić information content (AvgIpc) is 2.45. The van der Waals surface area contributed by atoms with Gasteiger partial charge in [-0.15, -0.1) is 0 Å². The Morgan fingerprint density at radius 3 is 1.33 bits per heavy atom. The van der Waals surface area contributed by atoms with E-state index in [1.165, 1.54) is 11.1 Å². The Morgan fingerprint density at radius 2 is 0.944 bits per heavy atom. The quantitative estimate of drug-likeness (QED) is 0.664. The molecule has 2 aromatic rings. The Bertz CT molecular complexity index is 443. The molecule has 0 heteroatoms. The summed E-state index contributed by atoms with van der Waals surface area (Å²) in [7, 11) is 0. The van der Waals surface area contributed by atoms with Crippen molar-refractivity contribution < 1.29 is 0 Å². The molecule has 0 spiro atoms. The molecule has 0 radical (unpaired) electrons. The summed E-state index contributed by atoms with van der Waals surface area (Å²) in [5.74, 6) is 0. The lowest BCUT2D eigenvalue weighted by Crippen LogP contribution is -1.78. The summed E-state index contributed by atoms with van der Waals surface area (Å²) >= 11 is 0. The van der Waals surface area contributed by atoms with Crippen molar-refractivity contribution >= 4 is 0 Å². The average molecular weight is 234 g/mol. The van der Waals surface area contributed by atoms with Crippen LogP contribution in [-0.4, -0.2) is 0 Å². The maximum atomic E-state index is 2.19. The van der Waals surface area contributed by atoms with Crippen molar-refractivity contribution in [1.82, 2.24) is 0 Å². The van der Waals surface area contributed by atoms with Gasteiger partial charge < -0.3 is 0 Å².